The first-order chi connectivity index (χ1) is 22.0. The van der Waals surface area contributed by atoms with Crippen molar-refractivity contribution in [2.75, 3.05) is 6.54 Å². The number of likely N-dealkylation sites (tertiary alicyclic amines) is 1. The van der Waals surface area contributed by atoms with Gasteiger partial charge in [-0.1, -0.05) is 116 Å². The minimum Gasteiger partial charge on any atom is -0.465 e. The van der Waals surface area contributed by atoms with E-state index in [1.807, 2.05) is 91.0 Å². The van der Waals surface area contributed by atoms with Crippen LogP contribution in [0.1, 0.15) is 59.3 Å². The zero-order chi connectivity index (χ0) is 31.2. The van der Waals surface area contributed by atoms with Crippen molar-refractivity contribution in [3.63, 3.8) is 0 Å². The highest BCUT2D eigenvalue weighted by Crippen LogP contribution is 2.36. The van der Waals surface area contributed by atoms with Crippen molar-refractivity contribution < 1.29 is 14.7 Å². The molecule has 2 heterocycles. The average Bonchev–Trinajstić information content (AvgIpc) is 3.08. The monoisotopic (exact) mass is 597 g/mol. The van der Waals surface area contributed by atoms with Gasteiger partial charge in [-0.15, -0.1) is 0 Å². The van der Waals surface area contributed by atoms with Crippen LogP contribution in [0.25, 0.3) is 22.2 Å². The maximum Gasteiger partial charge on any atom is 0.407 e. The predicted molar refractivity (Wildman–Crippen MR) is 179 cm³/mol. The van der Waals surface area contributed by atoms with Gasteiger partial charge in [0.15, 0.2) is 0 Å². The van der Waals surface area contributed by atoms with Crippen molar-refractivity contribution >= 4 is 22.9 Å². The number of carbonyl (C=O) groups is 2. The van der Waals surface area contributed by atoms with E-state index >= 15 is 0 Å². The maximum atomic E-state index is 14.5. The minimum atomic E-state index is -0.877. The number of para-hydroxylation sites is 1. The van der Waals surface area contributed by atoms with Gasteiger partial charge >= 0.3 is 6.09 Å². The molecule has 2 N–H and O–H groups in total. The first kappa shape index (κ1) is 30.1. The van der Waals surface area contributed by atoms with Crippen molar-refractivity contribution in [2.45, 2.75) is 51.1 Å². The molecule has 4 aromatic carbocycles. The van der Waals surface area contributed by atoms with Gasteiger partial charge < -0.3 is 15.3 Å². The number of nitrogens with zero attached hydrogens (tertiary/aromatic N) is 2. The van der Waals surface area contributed by atoms with Crippen LogP contribution in [0.4, 0.5) is 4.79 Å². The summed E-state index contributed by atoms with van der Waals surface area (Å²) in [6, 6.07) is 37.9. The Labute approximate surface area is 264 Å². The molecule has 3 atom stereocenters. The van der Waals surface area contributed by atoms with Gasteiger partial charge in [-0.3, -0.25) is 4.79 Å². The Balaban J connectivity index is 1.42. The van der Waals surface area contributed by atoms with Gasteiger partial charge in [0, 0.05) is 23.5 Å². The molecule has 1 aromatic heterocycles. The summed E-state index contributed by atoms with van der Waals surface area (Å²) in [5.74, 6) is 0.0719. The molecule has 6 heteroatoms. The molecule has 2 unspecified atom stereocenters. The molecular weight excluding hydrogens is 558 g/mol. The van der Waals surface area contributed by atoms with Crippen LogP contribution < -0.4 is 5.32 Å². The lowest BCUT2D eigenvalue weighted by Crippen LogP contribution is -2.47. The van der Waals surface area contributed by atoms with Crippen LogP contribution in [0.15, 0.2) is 115 Å². The van der Waals surface area contributed by atoms with Crippen molar-refractivity contribution in [3.8, 4) is 11.3 Å². The van der Waals surface area contributed by atoms with E-state index in [9.17, 15) is 14.7 Å². The molecule has 6 rings (SSSR count). The zero-order valence-electron chi connectivity index (χ0n) is 25.6. The van der Waals surface area contributed by atoms with Gasteiger partial charge in [-0.25, -0.2) is 9.78 Å². The number of piperidine rings is 1. The Bertz CT molecular complexity index is 1760. The second-order valence-corrected chi connectivity index (χ2v) is 12.0. The molecule has 1 aliphatic heterocycles. The lowest BCUT2D eigenvalue weighted by atomic mass is 9.81. The van der Waals surface area contributed by atoms with E-state index < -0.39 is 6.09 Å². The summed E-state index contributed by atoms with van der Waals surface area (Å²) in [6.07, 6.45) is 2.61. The smallest absolute Gasteiger partial charge is 0.407 e. The van der Waals surface area contributed by atoms with Crippen LogP contribution in [0, 0.1) is 5.92 Å². The fraction of sp³-hybridized carbons (Fsp3) is 0.256. The largest absolute Gasteiger partial charge is 0.465 e. The number of hydrogen-bond acceptors (Lipinski definition) is 3. The Morgan fingerprint density at radius 2 is 1.51 bits per heavy atom. The van der Waals surface area contributed by atoms with E-state index in [0.29, 0.717) is 31.4 Å². The summed E-state index contributed by atoms with van der Waals surface area (Å²) in [5.41, 5.74) is 6.33. The van der Waals surface area contributed by atoms with Crippen molar-refractivity contribution in [1.82, 2.24) is 15.2 Å². The Hall–Kier alpha value is -4.97. The van der Waals surface area contributed by atoms with Gasteiger partial charge in [0.25, 0.3) is 5.91 Å². The molecule has 1 saturated heterocycles. The molecular formula is C39H39N3O3. The molecule has 0 saturated carbocycles. The lowest BCUT2D eigenvalue weighted by Gasteiger charge is -2.38. The van der Waals surface area contributed by atoms with E-state index in [1.54, 1.807) is 4.90 Å². The van der Waals surface area contributed by atoms with Crippen molar-refractivity contribution in [1.29, 1.82) is 0 Å². The standard InChI is InChI=1S/C39H39N3O3/c1-2-34(29-16-8-4-9-17-29)41-38(43)36-32-20-12-13-21-35(32)40-37(30-18-10-5-11-19-30)33(36)26-28-22-23-42(39(44)45)31(25-28)24-27-14-6-3-7-15-27/h3-21,28,31,34H,2,22-26H2,1H3,(H,41,43)(H,44,45)/t28?,31-,34?/m1/s1. The van der Waals surface area contributed by atoms with Crippen LogP contribution in [-0.2, 0) is 12.8 Å². The summed E-state index contributed by atoms with van der Waals surface area (Å²) >= 11 is 0. The van der Waals surface area contributed by atoms with E-state index in [1.165, 1.54) is 0 Å². The molecule has 1 fully saturated rings. The zero-order valence-corrected chi connectivity index (χ0v) is 25.6. The Kier molecular flexibility index (Phi) is 9.20. The van der Waals surface area contributed by atoms with Crippen LogP contribution in [-0.4, -0.2) is 39.6 Å². The number of fused-ring (bicyclic) bond motifs is 1. The van der Waals surface area contributed by atoms with E-state index in [4.69, 9.17) is 4.98 Å². The molecule has 6 nitrogen and oxygen atoms in total. The number of hydrogen-bond donors (Lipinski definition) is 2. The van der Waals surface area contributed by atoms with Gasteiger partial charge in [0.05, 0.1) is 22.8 Å². The van der Waals surface area contributed by atoms with Crippen molar-refractivity contribution in [2.24, 2.45) is 5.92 Å². The van der Waals surface area contributed by atoms with Gasteiger partial charge in [0.1, 0.15) is 0 Å². The molecule has 0 spiro atoms. The minimum absolute atomic E-state index is 0.111. The summed E-state index contributed by atoms with van der Waals surface area (Å²) in [6.45, 7) is 2.55. The highest BCUT2D eigenvalue weighted by atomic mass is 16.4. The number of nitrogens with one attached hydrogen (secondary N) is 1. The van der Waals surface area contributed by atoms with E-state index in [0.717, 1.165) is 51.7 Å². The van der Waals surface area contributed by atoms with E-state index in [2.05, 4.69) is 36.5 Å². The number of benzene rings is 4. The molecule has 228 valence electrons. The third-order valence-electron chi connectivity index (χ3n) is 9.06. The molecule has 0 bridgehead atoms. The predicted octanol–water partition coefficient (Wildman–Crippen LogP) is 8.33. The summed E-state index contributed by atoms with van der Waals surface area (Å²) in [5, 5.41) is 14.2. The van der Waals surface area contributed by atoms with Crippen LogP contribution in [0.3, 0.4) is 0 Å². The van der Waals surface area contributed by atoms with Crippen molar-refractivity contribution in [3.05, 3.63) is 138 Å². The molecule has 0 aliphatic carbocycles. The van der Waals surface area contributed by atoms with Gasteiger partial charge in [-0.2, -0.15) is 0 Å². The second-order valence-electron chi connectivity index (χ2n) is 12.0. The summed E-state index contributed by atoms with van der Waals surface area (Å²) in [4.78, 5) is 33.5. The molecule has 5 aromatic rings. The SMILES string of the molecule is CCC(NC(=O)c1c(CC2CCN(C(=O)O)[C@H](Cc3ccccc3)C2)c(-c2ccccc2)nc2ccccc12)c1ccccc1. The molecule has 1 aliphatic rings. The quantitative estimate of drug-likeness (QED) is 0.179. The molecule has 45 heavy (non-hydrogen) atoms. The lowest BCUT2D eigenvalue weighted by molar-refractivity contribution is 0.0895. The highest BCUT2D eigenvalue weighted by Gasteiger charge is 2.34. The average molecular weight is 598 g/mol. The Morgan fingerprint density at radius 1 is 0.867 bits per heavy atom. The number of amides is 2. The number of rotatable bonds is 9. The molecule has 0 radical (unpaired) electrons. The molecule has 2 amide bonds. The van der Waals surface area contributed by atoms with Crippen LogP contribution >= 0.6 is 0 Å². The van der Waals surface area contributed by atoms with Gasteiger partial charge in [0.2, 0.25) is 0 Å². The number of pyridine rings is 1. The number of aromatic nitrogens is 1. The van der Waals surface area contributed by atoms with Crippen LogP contribution in [0.2, 0.25) is 0 Å². The summed E-state index contributed by atoms with van der Waals surface area (Å²) in [7, 11) is 0. The third kappa shape index (κ3) is 6.75. The second kappa shape index (κ2) is 13.8. The fourth-order valence-electron chi connectivity index (χ4n) is 6.82. The first-order valence-electron chi connectivity index (χ1n) is 15.9. The highest BCUT2D eigenvalue weighted by molar-refractivity contribution is 6.09. The topological polar surface area (TPSA) is 82.5 Å². The third-order valence-corrected chi connectivity index (χ3v) is 9.06. The van der Waals surface area contributed by atoms with E-state index in [-0.39, 0.29) is 23.9 Å². The fourth-order valence-corrected chi connectivity index (χ4v) is 6.82. The normalized spacial score (nSPS) is 17.1. The number of carboxylic acid groups (broad SMARTS) is 1. The summed E-state index contributed by atoms with van der Waals surface area (Å²) < 4.78 is 0. The number of carbonyl (C=O) groups excluding carboxylic acids is 1. The Morgan fingerprint density at radius 3 is 2.20 bits per heavy atom. The first-order valence-corrected chi connectivity index (χ1v) is 15.9. The maximum absolute atomic E-state index is 14.5. The van der Waals surface area contributed by atoms with Gasteiger partial charge in [-0.05, 0) is 60.8 Å². The van der Waals surface area contributed by atoms with Crippen LogP contribution in [0.5, 0.6) is 0 Å².